The zero-order chi connectivity index (χ0) is 11.8. The van der Waals surface area contributed by atoms with Gasteiger partial charge >= 0.3 is 0 Å². The second-order valence-corrected chi connectivity index (χ2v) is 5.10. The Morgan fingerprint density at radius 1 is 1.19 bits per heavy atom. The number of hydrogen-bond donors (Lipinski definition) is 0. The molecule has 0 saturated carbocycles. The monoisotopic (exact) mass is 284 g/mol. The van der Waals surface area contributed by atoms with Crippen molar-refractivity contribution in [1.29, 1.82) is 0 Å². The quantitative estimate of drug-likeness (QED) is 0.681. The van der Waals surface area contributed by atoms with Crippen LogP contribution in [0.1, 0.15) is 39.5 Å². The third-order valence-corrected chi connectivity index (χ3v) is 3.37. The Labute approximate surface area is 107 Å². The molecule has 0 fully saturated rings. The molecule has 0 unspecified atom stereocenters. The van der Waals surface area contributed by atoms with Crippen molar-refractivity contribution in [2.75, 3.05) is 6.61 Å². The van der Waals surface area contributed by atoms with Gasteiger partial charge in [-0.25, -0.2) is 0 Å². The van der Waals surface area contributed by atoms with Gasteiger partial charge in [0.15, 0.2) is 0 Å². The van der Waals surface area contributed by atoms with Gasteiger partial charge in [0.1, 0.15) is 5.75 Å². The molecule has 1 nitrogen and oxygen atoms in total. The molecule has 0 radical (unpaired) electrons. The van der Waals surface area contributed by atoms with Crippen LogP contribution >= 0.6 is 15.9 Å². The molecule has 2 heteroatoms. The van der Waals surface area contributed by atoms with Gasteiger partial charge in [0.25, 0.3) is 0 Å². The van der Waals surface area contributed by atoms with E-state index in [4.69, 9.17) is 4.74 Å². The summed E-state index contributed by atoms with van der Waals surface area (Å²) in [6, 6.07) is 8.05. The van der Waals surface area contributed by atoms with Crippen molar-refractivity contribution in [2.45, 2.75) is 39.5 Å². The molecule has 0 aromatic heterocycles. The molecule has 1 rings (SSSR count). The van der Waals surface area contributed by atoms with Crippen LogP contribution in [0.2, 0.25) is 0 Å². The van der Waals surface area contributed by atoms with E-state index in [0.29, 0.717) is 5.92 Å². The van der Waals surface area contributed by atoms with E-state index in [-0.39, 0.29) is 0 Å². The van der Waals surface area contributed by atoms with Gasteiger partial charge in [-0.3, -0.25) is 0 Å². The number of benzene rings is 1. The van der Waals surface area contributed by atoms with Crippen LogP contribution in [0.4, 0.5) is 0 Å². The van der Waals surface area contributed by atoms with Crippen LogP contribution in [0.25, 0.3) is 0 Å². The average molecular weight is 285 g/mol. The minimum absolute atomic E-state index is 0.698. The maximum atomic E-state index is 5.79. The second kappa shape index (κ2) is 7.72. The molecule has 0 aliphatic rings. The van der Waals surface area contributed by atoms with Crippen molar-refractivity contribution >= 4 is 15.9 Å². The first kappa shape index (κ1) is 13.6. The van der Waals surface area contributed by atoms with Crippen LogP contribution in [0.5, 0.6) is 5.75 Å². The third-order valence-electron chi connectivity index (χ3n) is 2.84. The first-order valence-electron chi connectivity index (χ1n) is 6.14. The predicted molar refractivity (Wildman–Crippen MR) is 72.9 cm³/mol. The van der Waals surface area contributed by atoms with Gasteiger partial charge in [-0.1, -0.05) is 49.0 Å². The number of unbranched alkanes of at least 4 members (excludes halogenated alkanes) is 1. The van der Waals surface area contributed by atoms with Crippen LogP contribution in [0.3, 0.4) is 0 Å². The molecule has 1 atom stereocenters. The summed E-state index contributed by atoms with van der Waals surface area (Å²) in [5.74, 6) is 1.67. The number of halogens is 1. The standard InChI is InChI=1S/C14H21BrO/c1-3-5-6-12(4-2)11-16-14-9-7-13(15)8-10-14/h7-10,12H,3-6,11H2,1-2H3/t12-/m0/s1. The van der Waals surface area contributed by atoms with Gasteiger partial charge in [-0.15, -0.1) is 0 Å². The van der Waals surface area contributed by atoms with Crippen molar-refractivity contribution in [3.63, 3.8) is 0 Å². The smallest absolute Gasteiger partial charge is 0.119 e. The number of ether oxygens (including phenoxy) is 1. The first-order chi connectivity index (χ1) is 7.76. The molecule has 0 bridgehead atoms. The third kappa shape index (κ3) is 5.02. The Hall–Kier alpha value is -0.500. The highest BCUT2D eigenvalue weighted by Gasteiger charge is 2.06. The summed E-state index contributed by atoms with van der Waals surface area (Å²) in [7, 11) is 0. The van der Waals surface area contributed by atoms with E-state index in [0.717, 1.165) is 16.8 Å². The lowest BCUT2D eigenvalue weighted by molar-refractivity contribution is 0.233. The van der Waals surface area contributed by atoms with E-state index in [9.17, 15) is 0 Å². The average Bonchev–Trinajstić information content (AvgIpc) is 2.32. The van der Waals surface area contributed by atoms with Crippen molar-refractivity contribution in [2.24, 2.45) is 5.92 Å². The van der Waals surface area contributed by atoms with Crippen LogP contribution in [0.15, 0.2) is 28.7 Å². The normalized spacial score (nSPS) is 12.4. The fraction of sp³-hybridized carbons (Fsp3) is 0.571. The molecule has 90 valence electrons. The summed E-state index contributed by atoms with van der Waals surface area (Å²) in [5.41, 5.74) is 0. The highest BCUT2D eigenvalue weighted by molar-refractivity contribution is 9.10. The minimum Gasteiger partial charge on any atom is -0.493 e. The second-order valence-electron chi connectivity index (χ2n) is 4.18. The van der Waals surface area contributed by atoms with Crippen LogP contribution in [0, 0.1) is 5.92 Å². The number of rotatable bonds is 7. The lowest BCUT2D eigenvalue weighted by atomic mass is 10.0. The zero-order valence-electron chi connectivity index (χ0n) is 10.2. The van der Waals surface area contributed by atoms with Gasteiger partial charge in [-0.05, 0) is 36.6 Å². The lowest BCUT2D eigenvalue weighted by Crippen LogP contribution is -2.11. The molecule has 0 aliphatic carbocycles. The maximum Gasteiger partial charge on any atom is 0.119 e. The Kier molecular flexibility index (Phi) is 6.55. The van der Waals surface area contributed by atoms with Gasteiger partial charge < -0.3 is 4.74 Å². The lowest BCUT2D eigenvalue weighted by Gasteiger charge is -2.15. The van der Waals surface area contributed by atoms with Crippen molar-refractivity contribution in [3.8, 4) is 5.75 Å². The van der Waals surface area contributed by atoms with E-state index in [1.807, 2.05) is 24.3 Å². The minimum atomic E-state index is 0.698. The van der Waals surface area contributed by atoms with Crippen LogP contribution in [-0.4, -0.2) is 6.61 Å². The summed E-state index contributed by atoms with van der Waals surface area (Å²) in [4.78, 5) is 0. The summed E-state index contributed by atoms with van der Waals surface area (Å²) < 4.78 is 6.89. The topological polar surface area (TPSA) is 9.23 Å². The van der Waals surface area contributed by atoms with Crippen LogP contribution < -0.4 is 4.74 Å². The van der Waals surface area contributed by atoms with Crippen molar-refractivity contribution in [1.82, 2.24) is 0 Å². The Balaban J connectivity index is 2.34. The van der Waals surface area contributed by atoms with Crippen molar-refractivity contribution in [3.05, 3.63) is 28.7 Å². The molecule has 0 heterocycles. The van der Waals surface area contributed by atoms with Crippen molar-refractivity contribution < 1.29 is 4.74 Å². The molecule has 0 amide bonds. The SMILES string of the molecule is CCCC[C@H](CC)COc1ccc(Br)cc1. The molecular weight excluding hydrogens is 264 g/mol. The van der Waals surface area contributed by atoms with E-state index in [1.165, 1.54) is 25.7 Å². The summed E-state index contributed by atoms with van der Waals surface area (Å²) in [6.45, 7) is 5.33. The molecule has 0 N–H and O–H groups in total. The number of hydrogen-bond acceptors (Lipinski definition) is 1. The van der Waals surface area contributed by atoms with Gasteiger partial charge in [0.05, 0.1) is 6.61 Å². The molecule has 16 heavy (non-hydrogen) atoms. The molecule has 0 aliphatic heterocycles. The molecular formula is C14H21BrO. The van der Waals surface area contributed by atoms with E-state index in [2.05, 4.69) is 29.8 Å². The van der Waals surface area contributed by atoms with E-state index >= 15 is 0 Å². The fourth-order valence-electron chi connectivity index (χ4n) is 1.64. The van der Waals surface area contributed by atoms with Gasteiger partial charge in [0.2, 0.25) is 0 Å². The molecule has 0 saturated heterocycles. The summed E-state index contributed by atoms with van der Waals surface area (Å²) >= 11 is 3.42. The maximum absolute atomic E-state index is 5.79. The molecule has 1 aromatic carbocycles. The van der Waals surface area contributed by atoms with E-state index < -0.39 is 0 Å². The summed E-state index contributed by atoms with van der Waals surface area (Å²) in [6.07, 6.45) is 5.07. The molecule has 0 spiro atoms. The van der Waals surface area contributed by atoms with E-state index in [1.54, 1.807) is 0 Å². The highest BCUT2D eigenvalue weighted by Crippen LogP contribution is 2.19. The summed E-state index contributed by atoms with van der Waals surface area (Å²) in [5, 5.41) is 0. The largest absolute Gasteiger partial charge is 0.493 e. The highest BCUT2D eigenvalue weighted by atomic mass is 79.9. The zero-order valence-corrected chi connectivity index (χ0v) is 11.8. The first-order valence-corrected chi connectivity index (χ1v) is 6.94. The van der Waals surface area contributed by atoms with Crippen LogP contribution in [-0.2, 0) is 0 Å². The Morgan fingerprint density at radius 3 is 2.44 bits per heavy atom. The molecule has 1 aromatic rings. The Morgan fingerprint density at radius 2 is 1.88 bits per heavy atom. The van der Waals surface area contributed by atoms with Gasteiger partial charge in [-0.2, -0.15) is 0 Å². The van der Waals surface area contributed by atoms with Gasteiger partial charge in [0, 0.05) is 4.47 Å². The fourth-order valence-corrected chi connectivity index (χ4v) is 1.91. The Bertz CT molecular complexity index is 281. The predicted octanol–water partition coefficient (Wildman–Crippen LogP) is 5.04.